The average molecular weight is 359 g/mol. The number of piperidine rings is 1. The lowest BCUT2D eigenvalue weighted by molar-refractivity contribution is -0.151. The van der Waals surface area contributed by atoms with Crippen molar-refractivity contribution in [3.63, 3.8) is 0 Å². The summed E-state index contributed by atoms with van der Waals surface area (Å²) in [5, 5.41) is 0. The van der Waals surface area contributed by atoms with E-state index in [1.165, 1.54) is 17.0 Å². The number of alkyl halides is 3. The minimum absolute atomic E-state index is 0.0258. The SMILES string of the molecule is CCOC(=O)C1CCCN(C(=O)COc2cccc(C(F)(F)F)c2)C1. The van der Waals surface area contributed by atoms with Gasteiger partial charge in [0.2, 0.25) is 0 Å². The second-order valence-electron chi connectivity index (χ2n) is 5.75. The van der Waals surface area contributed by atoms with Crippen LogP contribution in [0.3, 0.4) is 0 Å². The molecular weight excluding hydrogens is 339 g/mol. The molecule has 138 valence electrons. The largest absolute Gasteiger partial charge is 0.484 e. The van der Waals surface area contributed by atoms with Crippen molar-refractivity contribution in [2.75, 3.05) is 26.3 Å². The van der Waals surface area contributed by atoms with Gasteiger partial charge in [-0.25, -0.2) is 0 Å². The first-order valence-electron chi connectivity index (χ1n) is 8.05. The molecule has 0 aliphatic carbocycles. The maximum absolute atomic E-state index is 12.7. The number of hydrogen-bond acceptors (Lipinski definition) is 4. The van der Waals surface area contributed by atoms with Gasteiger partial charge in [0.15, 0.2) is 6.61 Å². The second-order valence-corrected chi connectivity index (χ2v) is 5.75. The summed E-state index contributed by atoms with van der Waals surface area (Å²) >= 11 is 0. The third-order valence-electron chi connectivity index (χ3n) is 3.92. The smallest absolute Gasteiger partial charge is 0.416 e. The van der Waals surface area contributed by atoms with Gasteiger partial charge in [-0.15, -0.1) is 0 Å². The molecule has 0 saturated carbocycles. The van der Waals surface area contributed by atoms with Crippen LogP contribution in [0.5, 0.6) is 5.75 Å². The van der Waals surface area contributed by atoms with E-state index in [1.807, 2.05) is 0 Å². The fraction of sp³-hybridized carbons (Fsp3) is 0.529. The molecule has 0 radical (unpaired) electrons. The molecule has 1 aromatic rings. The van der Waals surface area contributed by atoms with Crippen molar-refractivity contribution in [1.82, 2.24) is 4.90 Å². The standard InChI is InChI=1S/C17H20F3NO4/c1-2-24-16(23)12-5-4-8-21(10-12)15(22)11-25-14-7-3-6-13(9-14)17(18,19)20/h3,6-7,9,12H,2,4-5,8,10-11H2,1H3. The monoisotopic (exact) mass is 359 g/mol. The van der Waals surface area contributed by atoms with Gasteiger partial charge in [-0.05, 0) is 38.0 Å². The maximum Gasteiger partial charge on any atom is 0.416 e. The Hall–Kier alpha value is -2.25. The van der Waals surface area contributed by atoms with Crippen molar-refractivity contribution >= 4 is 11.9 Å². The fourth-order valence-electron chi connectivity index (χ4n) is 2.65. The number of carbonyl (C=O) groups excluding carboxylic acids is 2. The lowest BCUT2D eigenvalue weighted by Crippen LogP contribution is -2.44. The molecular formula is C17H20F3NO4. The molecule has 25 heavy (non-hydrogen) atoms. The molecule has 1 unspecified atom stereocenters. The van der Waals surface area contributed by atoms with Crippen LogP contribution in [0.4, 0.5) is 13.2 Å². The van der Waals surface area contributed by atoms with Gasteiger partial charge in [0.25, 0.3) is 5.91 Å². The van der Waals surface area contributed by atoms with Crippen molar-refractivity contribution < 1.29 is 32.2 Å². The highest BCUT2D eigenvalue weighted by atomic mass is 19.4. The quantitative estimate of drug-likeness (QED) is 0.759. The predicted molar refractivity (Wildman–Crippen MR) is 82.9 cm³/mol. The Balaban J connectivity index is 1.91. The Morgan fingerprint density at radius 3 is 2.76 bits per heavy atom. The van der Waals surface area contributed by atoms with Gasteiger partial charge in [-0.2, -0.15) is 13.2 Å². The second kappa shape index (κ2) is 8.22. The normalized spacial score (nSPS) is 17.9. The van der Waals surface area contributed by atoms with Gasteiger partial charge < -0.3 is 14.4 Å². The van der Waals surface area contributed by atoms with E-state index in [9.17, 15) is 22.8 Å². The minimum atomic E-state index is -4.47. The maximum atomic E-state index is 12.7. The number of rotatable bonds is 5. The third kappa shape index (κ3) is 5.37. The molecule has 1 heterocycles. The molecule has 1 fully saturated rings. The van der Waals surface area contributed by atoms with Gasteiger partial charge in [0.1, 0.15) is 5.75 Å². The lowest BCUT2D eigenvalue weighted by Gasteiger charge is -2.31. The molecule has 1 atom stereocenters. The summed E-state index contributed by atoms with van der Waals surface area (Å²) < 4.78 is 48.2. The Kier molecular flexibility index (Phi) is 6.27. The number of hydrogen-bond donors (Lipinski definition) is 0. The van der Waals surface area contributed by atoms with Crippen molar-refractivity contribution in [2.45, 2.75) is 25.9 Å². The highest BCUT2D eigenvalue weighted by Crippen LogP contribution is 2.31. The number of esters is 1. The molecule has 1 aliphatic rings. The Morgan fingerprint density at radius 1 is 1.32 bits per heavy atom. The number of halogens is 3. The van der Waals surface area contributed by atoms with Crippen LogP contribution in [0.25, 0.3) is 0 Å². The number of ether oxygens (including phenoxy) is 2. The molecule has 0 spiro atoms. The van der Waals surface area contributed by atoms with Crippen molar-refractivity contribution in [3.8, 4) is 5.75 Å². The summed E-state index contributed by atoms with van der Waals surface area (Å²) in [5.74, 6) is -1.10. The van der Waals surface area contributed by atoms with Crippen LogP contribution >= 0.6 is 0 Å². The van der Waals surface area contributed by atoms with Gasteiger partial charge in [-0.1, -0.05) is 6.07 Å². The summed E-state index contributed by atoms with van der Waals surface area (Å²) in [4.78, 5) is 25.5. The predicted octanol–water partition coefficient (Wildman–Crippen LogP) is 2.89. The van der Waals surface area contributed by atoms with E-state index in [1.54, 1.807) is 6.92 Å². The zero-order valence-corrected chi connectivity index (χ0v) is 13.8. The van der Waals surface area contributed by atoms with Crippen molar-refractivity contribution in [3.05, 3.63) is 29.8 Å². The highest BCUT2D eigenvalue weighted by Gasteiger charge is 2.31. The van der Waals surface area contributed by atoms with Gasteiger partial charge in [-0.3, -0.25) is 9.59 Å². The van der Waals surface area contributed by atoms with Crippen LogP contribution in [0.15, 0.2) is 24.3 Å². The number of likely N-dealkylation sites (tertiary alicyclic amines) is 1. The van der Waals surface area contributed by atoms with Crippen molar-refractivity contribution in [1.29, 1.82) is 0 Å². The van der Waals surface area contributed by atoms with E-state index in [4.69, 9.17) is 9.47 Å². The van der Waals surface area contributed by atoms with Crippen LogP contribution in [0, 0.1) is 5.92 Å². The molecule has 0 N–H and O–H groups in total. The summed E-state index contributed by atoms with van der Waals surface area (Å²) in [6.45, 7) is 2.34. The highest BCUT2D eigenvalue weighted by molar-refractivity contribution is 5.79. The third-order valence-corrected chi connectivity index (χ3v) is 3.92. The van der Waals surface area contributed by atoms with E-state index >= 15 is 0 Å². The molecule has 2 rings (SSSR count). The van der Waals surface area contributed by atoms with E-state index in [0.717, 1.165) is 12.1 Å². The number of nitrogens with zero attached hydrogens (tertiary/aromatic N) is 1. The zero-order valence-electron chi connectivity index (χ0n) is 13.8. The Morgan fingerprint density at radius 2 is 2.08 bits per heavy atom. The van der Waals surface area contributed by atoms with Crippen LogP contribution in [0.2, 0.25) is 0 Å². The van der Waals surface area contributed by atoms with Crippen LogP contribution in [-0.4, -0.2) is 43.1 Å². The molecule has 0 bridgehead atoms. The summed E-state index contributed by atoms with van der Waals surface area (Å²) in [6.07, 6.45) is -3.15. The molecule has 1 saturated heterocycles. The van der Waals surface area contributed by atoms with Gasteiger partial charge in [0, 0.05) is 13.1 Å². The van der Waals surface area contributed by atoms with E-state index < -0.39 is 11.7 Å². The first-order chi connectivity index (χ1) is 11.8. The molecule has 1 aliphatic heterocycles. The topological polar surface area (TPSA) is 55.8 Å². The summed E-state index contributed by atoms with van der Waals surface area (Å²) in [6, 6.07) is 4.37. The van der Waals surface area contributed by atoms with Gasteiger partial charge >= 0.3 is 12.1 Å². The fourth-order valence-corrected chi connectivity index (χ4v) is 2.65. The summed E-state index contributed by atoms with van der Waals surface area (Å²) in [5.41, 5.74) is -0.835. The zero-order chi connectivity index (χ0) is 18.4. The first-order valence-corrected chi connectivity index (χ1v) is 8.05. The number of benzene rings is 1. The Labute approximate surface area is 143 Å². The van der Waals surface area contributed by atoms with Crippen LogP contribution in [-0.2, 0) is 20.5 Å². The molecule has 1 amide bonds. The molecule has 1 aromatic carbocycles. The minimum Gasteiger partial charge on any atom is -0.484 e. The molecule has 8 heteroatoms. The van der Waals surface area contributed by atoms with E-state index in [2.05, 4.69) is 0 Å². The van der Waals surface area contributed by atoms with E-state index in [-0.39, 0.29) is 43.3 Å². The average Bonchev–Trinajstić information content (AvgIpc) is 2.59. The molecule has 0 aromatic heterocycles. The summed E-state index contributed by atoms with van der Waals surface area (Å²) in [7, 11) is 0. The number of carbonyl (C=O) groups is 2. The van der Waals surface area contributed by atoms with Crippen LogP contribution in [0.1, 0.15) is 25.3 Å². The lowest BCUT2D eigenvalue weighted by atomic mass is 9.98. The van der Waals surface area contributed by atoms with Gasteiger partial charge in [0.05, 0.1) is 18.1 Å². The first kappa shape index (κ1) is 19.1. The Bertz CT molecular complexity index is 618. The van der Waals surface area contributed by atoms with Crippen molar-refractivity contribution in [2.24, 2.45) is 5.92 Å². The van der Waals surface area contributed by atoms with E-state index in [0.29, 0.717) is 19.4 Å². The molecule has 5 nitrogen and oxygen atoms in total. The van der Waals surface area contributed by atoms with Crippen LogP contribution < -0.4 is 4.74 Å². The number of amides is 1.